The quantitative estimate of drug-likeness (QED) is 0.644. The minimum Gasteiger partial charge on any atom is -0.542 e. The lowest BCUT2D eigenvalue weighted by Crippen LogP contribution is -2.71. The van der Waals surface area contributed by atoms with Crippen molar-refractivity contribution in [3.63, 3.8) is 0 Å². The van der Waals surface area contributed by atoms with Gasteiger partial charge in [-0.15, -0.1) is 0 Å². The summed E-state index contributed by atoms with van der Waals surface area (Å²) < 4.78 is 31.5. The number of halogens is 3. The molecule has 0 heterocycles. The Balaban J connectivity index is 0.000000265. The molecule has 1 aliphatic rings. The maximum absolute atomic E-state index is 10.5. The lowest BCUT2D eigenvalue weighted by molar-refractivity contribution is -0.478. The van der Waals surface area contributed by atoms with Crippen LogP contribution in [0.4, 0.5) is 13.2 Å². The zero-order valence-electron chi connectivity index (χ0n) is 8.69. The van der Waals surface area contributed by atoms with E-state index in [0.717, 1.165) is 0 Å². The molecule has 1 rings (SSSR count). The standard InChI is InChI=1S/C7H15N.C2HF3O2/c1-7(8)5-3-2-4-6-7;3-2(4,5)1(6)7/h2-6,8H2,1H3;(H,6,7). The minimum absolute atomic E-state index is 0.429. The summed E-state index contributed by atoms with van der Waals surface area (Å²) in [7, 11) is 0. The Morgan fingerprint density at radius 1 is 1.27 bits per heavy atom. The number of carboxylic acids is 1. The van der Waals surface area contributed by atoms with Crippen LogP contribution in [0, 0.1) is 0 Å². The number of rotatable bonds is 0. The van der Waals surface area contributed by atoms with E-state index in [1.54, 1.807) is 0 Å². The van der Waals surface area contributed by atoms with Crippen LogP contribution in [-0.2, 0) is 4.79 Å². The molecule has 1 saturated carbocycles. The number of quaternary nitrogens is 1. The topological polar surface area (TPSA) is 67.8 Å². The summed E-state index contributed by atoms with van der Waals surface area (Å²) in [5.74, 6) is -3.01. The Kier molecular flexibility index (Phi) is 5.07. The van der Waals surface area contributed by atoms with Gasteiger partial charge in [-0.3, -0.25) is 0 Å². The molecule has 0 aliphatic heterocycles. The van der Waals surface area contributed by atoms with Crippen LogP contribution in [0.1, 0.15) is 39.0 Å². The summed E-state index contributed by atoms with van der Waals surface area (Å²) in [6.45, 7) is 2.27. The maximum Gasteiger partial charge on any atom is 0.430 e. The molecule has 0 aromatic carbocycles. The van der Waals surface area contributed by atoms with E-state index in [1.165, 1.54) is 32.1 Å². The average molecular weight is 227 g/mol. The van der Waals surface area contributed by atoms with Crippen molar-refractivity contribution in [3.8, 4) is 0 Å². The summed E-state index contributed by atoms with van der Waals surface area (Å²) in [5.41, 5.74) is 4.56. The van der Waals surface area contributed by atoms with Gasteiger partial charge in [-0.25, -0.2) is 0 Å². The molecule has 0 atom stereocenters. The molecule has 0 amide bonds. The molecule has 6 heteroatoms. The molecule has 0 aromatic rings. The SMILES string of the molecule is CC1([NH3+])CCCCC1.O=C([O-])C(F)(F)F. The Hall–Kier alpha value is -0.780. The largest absolute Gasteiger partial charge is 0.542 e. The summed E-state index contributed by atoms with van der Waals surface area (Å²) >= 11 is 0. The van der Waals surface area contributed by atoms with Crippen molar-refractivity contribution in [3.05, 3.63) is 0 Å². The van der Waals surface area contributed by atoms with Crippen LogP contribution in [0.25, 0.3) is 0 Å². The normalized spacial score (nSPS) is 20.1. The van der Waals surface area contributed by atoms with Crippen molar-refractivity contribution in [2.24, 2.45) is 0 Å². The van der Waals surface area contributed by atoms with Crippen molar-refractivity contribution in [2.45, 2.75) is 50.7 Å². The molecular formula is C9H16F3NO2. The maximum atomic E-state index is 10.5. The number of alkyl halides is 3. The second kappa shape index (κ2) is 5.34. The molecule has 0 radical (unpaired) electrons. The first-order valence-electron chi connectivity index (χ1n) is 4.79. The number of aliphatic carboxylic acids is 1. The third-order valence-electron chi connectivity index (χ3n) is 2.29. The Morgan fingerprint density at radius 2 is 1.60 bits per heavy atom. The molecule has 0 aromatic heterocycles. The van der Waals surface area contributed by atoms with Crippen molar-refractivity contribution in [1.82, 2.24) is 0 Å². The third-order valence-corrected chi connectivity index (χ3v) is 2.29. The van der Waals surface area contributed by atoms with Crippen LogP contribution < -0.4 is 10.8 Å². The molecule has 0 saturated heterocycles. The van der Waals surface area contributed by atoms with Gasteiger partial charge in [0.1, 0.15) is 5.97 Å². The van der Waals surface area contributed by atoms with E-state index in [9.17, 15) is 13.2 Å². The van der Waals surface area contributed by atoms with E-state index >= 15 is 0 Å². The summed E-state index contributed by atoms with van der Waals surface area (Å²) in [6.07, 6.45) is 1.73. The van der Waals surface area contributed by atoms with E-state index < -0.39 is 12.1 Å². The van der Waals surface area contributed by atoms with E-state index in [2.05, 4.69) is 12.7 Å². The van der Waals surface area contributed by atoms with E-state index in [0.29, 0.717) is 5.54 Å². The highest BCUT2D eigenvalue weighted by atomic mass is 19.4. The number of carboxylic acid groups (broad SMARTS) is 1. The zero-order chi connectivity index (χ0) is 12.1. The van der Waals surface area contributed by atoms with Crippen LogP contribution >= 0.6 is 0 Å². The molecule has 3 N–H and O–H groups in total. The van der Waals surface area contributed by atoms with Crippen molar-refractivity contribution >= 4 is 5.97 Å². The van der Waals surface area contributed by atoms with Gasteiger partial charge in [0, 0.05) is 12.8 Å². The van der Waals surface area contributed by atoms with Crippen molar-refractivity contribution < 1.29 is 28.8 Å². The number of hydrogen-bond donors (Lipinski definition) is 1. The average Bonchev–Trinajstić information content (AvgIpc) is 2.02. The second-order valence-electron chi connectivity index (χ2n) is 4.16. The van der Waals surface area contributed by atoms with Gasteiger partial charge >= 0.3 is 6.18 Å². The first-order valence-corrected chi connectivity index (χ1v) is 4.79. The highest BCUT2D eigenvalue weighted by molar-refractivity contribution is 5.70. The van der Waals surface area contributed by atoms with Crippen LogP contribution in [0.2, 0.25) is 0 Å². The van der Waals surface area contributed by atoms with Gasteiger partial charge in [-0.1, -0.05) is 6.42 Å². The fraction of sp³-hybridized carbons (Fsp3) is 0.889. The molecule has 1 fully saturated rings. The zero-order valence-corrected chi connectivity index (χ0v) is 8.69. The van der Waals surface area contributed by atoms with Crippen molar-refractivity contribution in [2.75, 3.05) is 0 Å². The Bertz CT molecular complexity index is 206. The van der Waals surface area contributed by atoms with Crippen LogP contribution in [-0.4, -0.2) is 17.7 Å². The van der Waals surface area contributed by atoms with Gasteiger partial charge in [0.15, 0.2) is 0 Å². The Morgan fingerprint density at radius 3 is 1.73 bits per heavy atom. The molecule has 0 bridgehead atoms. The first kappa shape index (κ1) is 14.2. The highest BCUT2D eigenvalue weighted by Crippen LogP contribution is 2.22. The molecule has 1 aliphatic carbocycles. The molecule has 90 valence electrons. The number of carbonyl (C=O) groups is 1. The van der Waals surface area contributed by atoms with E-state index in [1.807, 2.05) is 0 Å². The molecule has 0 spiro atoms. The molecular weight excluding hydrogens is 211 g/mol. The fourth-order valence-electron chi connectivity index (χ4n) is 1.41. The van der Waals surface area contributed by atoms with Crippen molar-refractivity contribution in [1.29, 1.82) is 0 Å². The number of carbonyl (C=O) groups excluding carboxylic acids is 1. The van der Waals surface area contributed by atoms with Gasteiger partial charge in [-0.2, -0.15) is 13.2 Å². The second-order valence-corrected chi connectivity index (χ2v) is 4.16. The summed E-state index contributed by atoms with van der Waals surface area (Å²) in [6, 6.07) is 0. The first-order chi connectivity index (χ1) is 6.65. The predicted octanol–water partition coefficient (Wildman–Crippen LogP) is 0.250. The van der Waals surface area contributed by atoms with Gasteiger partial charge in [0.2, 0.25) is 0 Å². The summed E-state index contributed by atoms with van der Waals surface area (Å²) in [4.78, 5) is 8.78. The monoisotopic (exact) mass is 227 g/mol. The van der Waals surface area contributed by atoms with Gasteiger partial charge in [0.25, 0.3) is 0 Å². The van der Waals surface area contributed by atoms with Crippen LogP contribution in [0.3, 0.4) is 0 Å². The fourth-order valence-corrected chi connectivity index (χ4v) is 1.41. The smallest absolute Gasteiger partial charge is 0.430 e. The lowest BCUT2D eigenvalue weighted by atomic mass is 9.84. The summed E-state index contributed by atoms with van der Waals surface area (Å²) in [5, 5.41) is 8.78. The Labute approximate surface area is 86.5 Å². The van der Waals surface area contributed by atoms with Gasteiger partial charge in [-0.05, 0) is 19.8 Å². The molecule has 15 heavy (non-hydrogen) atoms. The molecule has 3 nitrogen and oxygen atoms in total. The van der Waals surface area contributed by atoms with Crippen LogP contribution in [0.5, 0.6) is 0 Å². The van der Waals surface area contributed by atoms with E-state index in [-0.39, 0.29) is 0 Å². The molecule has 0 unspecified atom stereocenters. The minimum atomic E-state index is -5.19. The predicted molar refractivity (Wildman–Crippen MR) is 45.4 cm³/mol. The number of hydrogen-bond acceptors (Lipinski definition) is 2. The van der Waals surface area contributed by atoms with E-state index in [4.69, 9.17) is 9.90 Å². The lowest BCUT2D eigenvalue weighted by Gasteiger charge is -2.24. The van der Waals surface area contributed by atoms with Gasteiger partial charge in [0.05, 0.1) is 5.54 Å². The highest BCUT2D eigenvalue weighted by Gasteiger charge is 2.28. The van der Waals surface area contributed by atoms with Crippen LogP contribution in [0.15, 0.2) is 0 Å². The van der Waals surface area contributed by atoms with Gasteiger partial charge < -0.3 is 15.6 Å². The third kappa shape index (κ3) is 7.18.